The number of aromatic nitrogens is 3. The number of rotatable bonds is 3. The van der Waals surface area contributed by atoms with Gasteiger partial charge in [0.2, 0.25) is 0 Å². The van der Waals surface area contributed by atoms with Gasteiger partial charge in [-0.15, -0.1) is 0 Å². The molecule has 0 atom stereocenters. The number of H-pyrrole nitrogens is 2. The highest BCUT2D eigenvalue weighted by molar-refractivity contribution is 5.96. The molecule has 9 heteroatoms. The zero-order chi connectivity index (χ0) is 18.2. The molecule has 130 valence electrons. The maximum atomic E-state index is 13.5. The normalized spacial score (nSPS) is 11.7. The zero-order valence-electron chi connectivity index (χ0n) is 13.0. The molecule has 0 saturated heterocycles. The summed E-state index contributed by atoms with van der Waals surface area (Å²) in [5.74, 6) is -0.645. The smallest absolute Gasteiger partial charge is 0.351 e. The number of pyridine rings is 1. The molecule has 6 nitrogen and oxygen atoms in total. The third-order valence-electron chi connectivity index (χ3n) is 3.66. The van der Waals surface area contributed by atoms with Crippen LogP contribution in [0.15, 0.2) is 35.4 Å². The number of hydrogen-bond donors (Lipinski definition) is 3. The number of carbonyl (C=O) groups is 1. The Kier molecular flexibility index (Phi) is 4.07. The first-order chi connectivity index (χ1) is 11.8. The average molecular weight is 350 g/mol. The van der Waals surface area contributed by atoms with Crippen molar-refractivity contribution in [2.75, 3.05) is 6.54 Å². The van der Waals surface area contributed by atoms with Crippen LogP contribution in [0.25, 0.3) is 22.0 Å². The Hall–Kier alpha value is -3.10. The minimum Gasteiger partial charge on any atom is -0.351 e. The van der Waals surface area contributed by atoms with Gasteiger partial charge in [0.05, 0.1) is 17.3 Å². The van der Waals surface area contributed by atoms with Crippen molar-refractivity contribution in [3.8, 4) is 11.1 Å². The number of hydrogen-bond acceptors (Lipinski definition) is 3. The molecule has 2 heterocycles. The van der Waals surface area contributed by atoms with Crippen LogP contribution < -0.4 is 10.7 Å². The van der Waals surface area contributed by atoms with Crippen LogP contribution in [0.2, 0.25) is 0 Å². The van der Waals surface area contributed by atoms with E-state index in [1.165, 1.54) is 18.5 Å². The lowest BCUT2D eigenvalue weighted by molar-refractivity contribution is -0.136. The van der Waals surface area contributed by atoms with E-state index in [-0.39, 0.29) is 23.2 Å². The summed E-state index contributed by atoms with van der Waals surface area (Å²) in [6.07, 6.45) is -1.92. The second-order valence-electron chi connectivity index (χ2n) is 5.34. The third-order valence-corrected chi connectivity index (χ3v) is 3.66. The van der Waals surface area contributed by atoms with E-state index in [0.717, 1.165) is 12.1 Å². The van der Waals surface area contributed by atoms with Gasteiger partial charge in [0.1, 0.15) is 5.69 Å². The van der Waals surface area contributed by atoms with Gasteiger partial charge >= 0.3 is 6.18 Å². The largest absolute Gasteiger partial charge is 0.418 e. The Morgan fingerprint density at radius 3 is 2.60 bits per heavy atom. The summed E-state index contributed by atoms with van der Waals surface area (Å²) in [6.45, 7) is 1.94. The minimum atomic E-state index is -4.71. The predicted molar refractivity (Wildman–Crippen MR) is 85.2 cm³/mol. The van der Waals surface area contributed by atoms with Crippen LogP contribution in [-0.2, 0) is 6.18 Å². The molecule has 3 N–H and O–H groups in total. The summed E-state index contributed by atoms with van der Waals surface area (Å²) >= 11 is 0. The molecule has 0 spiro atoms. The Morgan fingerprint density at radius 2 is 2.00 bits per heavy atom. The lowest BCUT2D eigenvalue weighted by Gasteiger charge is -2.13. The molecule has 0 aliphatic heterocycles. The van der Waals surface area contributed by atoms with Crippen molar-refractivity contribution in [2.24, 2.45) is 0 Å². The molecule has 0 fully saturated rings. The lowest BCUT2D eigenvalue weighted by atomic mass is 10.0. The Balaban J connectivity index is 2.33. The lowest BCUT2D eigenvalue weighted by Crippen LogP contribution is -2.25. The Labute approximate surface area is 139 Å². The van der Waals surface area contributed by atoms with Crippen molar-refractivity contribution in [1.29, 1.82) is 0 Å². The first kappa shape index (κ1) is 16.7. The van der Waals surface area contributed by atoms with Crippen LogP contribution >= 0.6 is 0 Å². The minimum absolute atomic E-state index is 0.154. The molecular weight excluding hydrogens is 337 g/mol. The standard InChI is InChI=1S/C16H13F3N4O2/c1-2-20-15(25)12-5-13(24)10-3-8(9-6-21-22-7-9)4-11(14(10)23-12)16(17,18)19/h3-7H,2H2,1H3,(H,20,25)(H,21,22)(H,23,24). The second-order valence-corrected chi connectivity index (χ2v) is 5.34. The van der Waals surface area contributed by atoms with Crippen LogP contribution in [0.4, 0.5) is 13.2 Å². The number of fused-ring (bicyclic) bond motifs is 1. The van der Waals surface area contributed by atoms with E-state index < -0.39 is 28.6 Å². The summed E-state index contributed by atoms with van der Waals surface area (Å²) in [6, 6.07) is 3.26. The summed E-state index contributed by atoms with van der Waals surface area (Å²) in [5, 5.41) is 8.51. The molecular formula is C16H13F3N4O2. The SMILES string of the molecule is CCNC(=O)c1cc(=O)c2cc(-c3cn[nH]c3)cc(C(F)(F)F)c2[nH]1. The monoisotopic (exact) mass is 350 g/mol. The van der Waals surface area contributed by atoms with E-state index >= 15 is 0 Å². The molecule has 0 unspecified atom stereocenters. The summed E-state index contributed by atoms with van der Waals surface area (Å²) in [5.41, 5.74) is -1.73. The second kappa shape index (κ2) is 6.08. The fraction of sp³-hybridized carbons (Fsp3) is 0.188. The first-order valence-electron chi connectivity index (χ1n) is 7.37. The number of aromatic amines is 2. The maximum Gasteiger partial charge on any atom is 0.418 e. The van der Waals surface area contributed by atoms with E-state index in [1.54, 1.807) is 6.92 Å². The number of halogens is 3. The van der Waals surface area contributed by atoms with E-state index in [9.17, 15) is 22.8 Å². The number of nitrogens with zero attached hydrogens (tertiary/aromatic N) is 1. The van der Waals surface area contributed by atoms with Crippen LogP contribution in [0, 0.1) is 0 Å². The zero-order valence-corrected chi connectivity index (χ0v) is 13.0. The number of carbonyl (C=O) groups excluding carboxylic acids is 1. The summed E-state index contributed by atoms with van der Waals surface area (Å²) < 4.78 is 40.5. The number of alkyl halides is 3. The third kappa shape index (κ3) is 3.12. The quantitative estimate of drug-likeness (QED) is 0.678. The van der Waals surface area contributed by atoms with Gasteiger partial charge in [-0.25, -0.2) is 0 Å². The number of nitrogens with one attached hydrogen (secondary N) is 3. The topological polar surface area (TPSA) is 90.6 Å². The van der Waals surface area contributed by atoms with Crippen molar-refractivity contribution in [1.82, 2.24) is 20.5 Å². The van der Waals surface area contributed by atoms with Crippen LogP contribution in [-0.4, -0.2) is 27.6 Å². The molecule has 0 aliphatic carbocycles. The van der Waals surface area contributed by atoms with E-state index in [1.807, 2.05) is 0 Å². The number of amides is 1. The van der Waals surface area contributed by atoms with Crippen LogP contribution in [0.1, 0.15) is 23.0 Å². The fourth-order valence-corrected chi connectivity index (χ4v) is 2.53. The highest BCUT2D eigenvalue weighted by atomic mass is 19.4. The van der Waals surface area contributed by atoms with Gasteiger partial charge in [-0.2, -0.15) is 18.3 Å². The van der Waals surface area contributed by atoms with Crippen LogP contribution in [0.3, 0.4) is 0 Å². The highest BCUT2D eigenvalue weighted by Gasteiger charge is 2.34. The molecule has 0 saturated carbocycles. The van der Waals surface area contributed by atoms with Gasteiger partial charge < -0.3 is 10.3 Å². The van der Waals surface area contributed by atoms with Crippen molar-refractivity contribution >= 4 is 16.8 Å². The molecule has 1 aromatic carbocycles. The fourth-order valence-electron chi connectivity index (χ4n) is 2.53. The molecule has 3 rings (SSSR count). The van der Waals surface area contributed by atoms with E-state index in [0.29, 0.717) is 5.56 Å². The Morgan fingerprint density at radius 1 is 1.24 bits per heavy atom. The first-order valence-corrected chi connectivity index (χ1v) is 7.37. The van der Waals surface area contributed by atoms with E-state index in [4.69, 9.17) is 0 Å². The molecule has 0 aliphatic rings. The highest BCUT2D eigenvalue weighted by Crippen LogP contribution is 2.36. The molecule has 3 aromatic rings. The molecule has 1 amide bonds. The Bertz CT molecular complexity index is 991. The van der Waals surface area contributed by atoms with Crippen LogP contribution in [0.5, 0.6) is 0 Å². The van der Waals surface area contributed by atoms with Gasteiger partial charge in [-0.05, 0) is 24.6 Å². The van der Waals surface area contributed by atoms with Crippen molar-refractivity contribution < 1.29 is 18.0 Å². The van der Waals surface area contributed by atoms with Gasteiger partial charge in [0.15, 0.2) is 5.43 Å². The molecule has 25 heavy (non-hydrogen) atoms. The van der Waals surface area contributed by atoms with E-state index in [2.05, 4.69) is 20.5 Å². The van der Waals surface area contributed by atoms with Gasteiger partial charge in [-0.1, -0.05) is 0 Å². The molecule has 2 aromatic heterocycles. The molecule has 0 radical (unpaired) electrons. The summed E-state index contributed by atoms with van der Waals surface area (Å²) in [4.78, 5) is 26.6. The van der Waals surface area contributed by atoms with Crippen molar-refractivity contribution in [3.63, 3.8) is 0 Å². The molecule has 0 bridgehead atoms. The van der Waals surface area contributed by atoms with Crippen molar-refractivity contribution in [3.05, 3.63) is 52.1 Å². The predicted octanol–water partition coefficient (Wildman–Crippen LogP) is 2.69. The van der Waals surface area contributed by atoms with Crippen molar-refractivity contribution in [2.45, 2.75) is 13.1 Å². The maximum absolute atomic E-state index is 13.5. The average Bonchev–Trinajstić information content (AvgIpc) is 3.07. The van der Waals surface area contributed by atoms with Gasteiger partial charge in [-0.3, -0.25) is 14.7 Å². The summed E-state index contributed by atoms with van der Waals surface area (Å²) in [7, 11) is 0. The van der Waals surface area contributed by atoms with Gasteiger partial charge in [0.25, 0.3) is 5.91 Å². The number of benzene rings is 1. The van der Waals surface area contributed by atoms with Gasteiger partial charge in [0, 0.05) is 29.8 Å².